The Morgan fingerprint density at radius 1 is 0.815 bits per heavy atom. The molecule has 3 nitrogen and oxygen atoms in total. The number of hydrogen-bond acceptors (Lipinski definition) is 1. The lowest BCUT2D eigenvalue weighted by molar-refractivity contribution is -0.140. The van der Waals surface area contributed by atoms with Crippen molar-refractivity contribution in [3.05, 3.63) is 64.7 Å². The molecule has 2 aromatic rings. The Kier molecular flexibility index (Phi) is 5.62. The minimum Gasteiger partial charge on any atom is -0.334 e. The number of alkyl halides is 6. The largest absolute Gasteiger partial charge is 0.419 e. The molecule has 0 saturated carbocycles. The summed E-state index contributed by atoms with van der Waals surface area (Å²) in [7, 11) is 0. The summed E-state index contributed by atoms with van der Waals surface area (Å²) in [5, 5.41) is 3.73. The van der Waals surface area contributed by atoms with Gasteiger partial charge in [-0.3, -0.25) is 0 Å². The molecule has 0 saturated heterocycles. The highest BCUT2D eigenvalue weighted by Gasteiger charge is 2.36. The zero-order chi connectivity index (χ0) is 20.4. The second-order valence-electron chi connectivity index (χ2n) is 5.25. The number of urea groups is 1. The molecule has 146 valence electrons. The molecule has 2 N–H and O–H groups in total. The fraction of sp³-hybridized carbons (Fsp3) is 0.188. The van der Waals surface area contributed by atoms with Gasteiger partial charge < -0.3 is 10.6 Å². The lowest BCUT2D eigenvalue weighted by Gasteiger charge is -2.14. The lowest BCUT2D eigenvalue weighted by Crippen LogP contribution is -2.29. The Morgan fingerprint density at radius 3 is 1.89 bits per heavy atom. The van der Waals surface area contributed by atoms with Crippen LogP contribution in [0.25, 0.3) is 0 Å². The van der Waals surface area contributed by atoms with Gasteiger partial charge in [0.1, 0.15) is 5.82 Å². The van der Waals surface area contributed by atoms with Crippen LogP contribution in [0, 0.1) is 11.6 Å². The number of halogens is 8. The molecule has 2 amide bonds. The monoisotopic (exact) mass is 398 g/mol. The van der Waals surface area contributed by atoms with Crippen molar-refractivity contribution in [3.8, 4) is 0 Å². The number of amides is 2. The van der Waals surface area contributed by atoms with Gasteiger partial charge in [-0.2, -0.15) is 26.3 Å². The van der Waals surface area contributed by atoms with Crippen LogP contribution in [0.3, 0.4) is 0 Å². The van der Waals surface area contributed by atoms with Crippen molar-refractivity contribution < 1.29 is 39.9 Å². The molecule has 0 radical (unpaired) electrons. The first kappa shape index (κ1) is 20.5. The van der Waals surface area contributed by atoms with Crippen molar-refractivity contribution in [2.75, 3.05) is 5.32 Å². The average molecular weight is 398 g/mol. The molecule has 27 heavy (non-hydrogen) atoms. The molecule has 0 heterocycles. The van der Waals surface area contributed by atoms with E-state index < -0.39 is 58.9 Å². The van der Waals surface area contributed by atoms with Gasteiger partial charge in [0, 0.05) is 12.1 Å². The van der Waals surface area contributed by atoms with Crippen LogP contribution in [0.5, 0.6) is 0 Å². The van der Waals surface area contributed by atoms with Gasteiger partial charge in [0.25, 0.3) is 0 Å². The summed E-state index contributed by atoms with van der Waals surface area (Å²) in [6.45, 7) is -0.706. The van der Waals surface area contributed by atoms with E-state index in [4.69, 9.17) is 0 Å². The molecule has 0 aromatic heterocycles. The lowest BCUT2D eigenvalue weighted by atomic mass is 10.1. The van der Waals surface area contributed by atoms with Crippen molar-refractivity contribution in [1.29, 1.82) is 0 Å². The molecular formula is C16H10F8N2O. The smallest absolute Gasteiger partial charge is 0.334 e. The van der Waals surface area contributed by atoms with E-state index in [-0.39, 0.29) is 0 Å². The topological polar surface area (TPSA) is 41.1 Å². The van der Waals surface area contributed by atoms with Crippen LogP contribution in [-0.4, -0.2) is 6.03 Å². The Labute approximate surface area is 147 Å². The molecule has 0 spiro atoms. The van der Waals surface area contributed by atoms with Crippen molar-refractivity contribution in [2.45, 2.75) is 18.9 Å². The molecule has 0 aliphatic carbocycles. The Balaban J connectivity index is 2.11. The number of benzene rings is 2. The van der Waals surface area contributed by atoms with Gasteiger partial charge >= 0.3 is 18.4 Å². The van der Waals surface area contributed by atoms with E-state index in [0.29, 0.717) is 12.1 Å². The zero-order valence-corrected chi connectivity index (χ0v) is 13.1. The first-order valence-corrected chi connectivity index (χ1v) is 7.16. The summed E-state index contributed by atoms with van der Waals surface area (Å²) in [6.07, 6.45) is -9.93. The molecule has 0 atom stereocenters. The average Bonchev–Trinajstić information content (AvgIpc) is 2.53. The summed E-state index contributed by atoms with van der Waals surface area (Å²) in [5.74, 6) is -3.33. The van der Waals surface area contributed by atoms with Crippen LogP contribution in [-0.2, 0) is 18.9 Å². The van der Waals surface area contributed by atoms with E-state index in [1.807, 2.05) is 5.32 Å². The number of nitrogens with one attached hydrogen (secondary N) is 2. The molecular weight excluding hydrogens is 388 g/mol. The molecule has 0 aliphatic heterocycles. The highest BCUT2D eigenvalue weighted by atomic mass is 19.4. The highest BCUT2D eigenvalue weighted by Crippen LogP contribution is 2.34. The Hall–Kier alpha value is -2.85. The van der Waals surface area contributed by atoms with E-state index in [2.05, 4.69) is 0 Å². The Bertz CT molecular complexity index is 845. The molecule has 2 rings (SSSR count). The van der Waals surface area contributed by atoms with E-state index in [9.17, 15) is 39.9 Å². The van der Waals surface area contributed by atoms with Gasteiger partial charge in [0.05, 0.1) is 16.8 Å². The van der Waals surface area contributed by atoms with Crippen molar-refractivity contribution in [1.82, 2.24) is 5.32 Å². The summed E-state index contributed by atoms with van der Waals surface area (Å²) in [5.41, 5.74) is -4.45. The van der Waals surface area contributed by atoms with Gasteiger partial charge in [0.15, 0.2) is 5.82 Å². The third-order valence-electron chi connectivity index (χ3n) is 3.38. The summed E-state index contributed by atoms with van der Waals surface area (Å²) < 4.78 is 103. The minimum absolute atomic E-state index is 0.469. The fourth-order valence-corrected chi connectivity index (χ4v) is 2.12. The molecule has 0 unspecified atom stereocenters. The van der Waals surface area contributed by atoms with E-state index in [1.54, 1.807) is 5.32 Å². The second kappa shape index (κ2) is 7.41. The Morgan fingerprint density at radius 2 is 1.33 bits per heavy atom. The summed E-state index contributed by atoms with van der Waals surface area (Å²) in [4.78, 5) is 11.7. The highest BCUT2D eigenvalue weighted by molar-refractivity contribution is 5.89. The van der Waals surface area contributed by atoms with Crippen LogP contribution in [0.4, 0.5) is 45.6 Å². The van der Waals surface area contributed by atoms with Crippen LogP contribution in [0.1, 0.15) is 16.7 Å². The molecule has 0 aliphatic rings. The standard InChI is InChI=1S/C16H10F8N2O/c17-12-8(3-1-4-9(12)15(19,20)21)7-25-14(27)26-11-6-2-5-10(13(11)18)16(22,23)24/h1-6H,7H2,(H2,25,26,27). The SMILES string of the molecule is O=C(NCc1cccc(C(F)(F)F)c1F)Nc1cccc(C(F)(F)F)c1F. The maximum atomic E-state index is 13.8. The van der Waals surface area contributed by atoms with Gasteiger partial charge in [0.2, 0.25) is 0 Å². The first-order chi connectivity index (χ1) is 12.4. The maximum Gasteiger partial charge on any atom is 0.419 e. The molecule has 11 heteroatoms. The fourth-order valence-electron chi connectivity index (χ4n) is 2.12. The van der Waals surface area contributed by atoms with Gasteiger partial charge in [-0.25, -0.2) is 13.6 Å². The number of carbonyl (C=O) groups is 1. The number of hydrogen-bond donors (Lipinski definition) is 2. The molecule has 0 bridgehead atoms. The quantitative estimate of drug-likeness (QED) is 0.675. The number of rotatable bonds is 3. The predicted octanol–water partition coefficient (Wildman–Crippen LogP) is 5.32. The van der Waals surface area contributed by atoms with E-state index in [1.165, 1.54) is 0 Å². The molecule has 2 aromatic carbocycles. The van der Waals surface area contributed by atoms with Crippen LogP contribution >= 0.6 is 0 Å². The number of anilines is 1. The van der Waals surface area contributed by atoms with Crippen molar-refractivity contribution in [2.24, 2.45) is 0 Å². The first-order valence-electron chi connectivity index (χ1n) is 7.16. The third-order valence-corrected chi connectivity index (χ3v) is 3.38. The van der Waals surface area contributed by atoms with Gasteiger partial charge in [-0.15, -0.1) is 0 Å². The van der Waals surface area contributed by atoms with Crippen LogP contribution < -0.4 is 10.6 Å². The van der Waals surface area contributed by atoms with Gasteiger partial charge in [-0.05, 0) is 18.2 Å². The zero-order valence-electron chi connectivity index (χ0n) is 13.1. The summed E-state index contributed by atoms with van der Waals surface area (Å²) >= 11 is 0. The predicted molar refractivity (Wildman–Crippen MR) is 78.7 cm³/mol. The van der Waals surface area contributed by atoms with Crippen LogP contribution in [0.15, 0.2) is 36.4 Å². The van der Waals surface area contributed by atoms with Crippen molar-refractivity contribution >= 4 is 11.7 Å². The molecule has 0 fully saturated rings. The summed E-state index contributed by atoms with van der Waals surface area (Å²) in [6, 6.07) is 3.37. The van der Waals surface area contributed by atoms with E-state index in [0.717, 1.165) is 24.3 Å². The van der Waals surface area contributed by atoms with Crippen LogP contribution in [0.2, 0.25) is 0 Å². The second-order valence-corrected chi connectivity index (χ2v) is 5.25. The maximum absolute atomic E-state index is 13.8. The third kappa shape index (κ3) is 4.86. The van der Waals surface area contributed by atoms with Gasteiger partial charge in [-0.1, -0.05) is 18.2 Å². The number of carbonyl (C=O) groups excluding carboxylic acids is 1. The minimum atomic E-state index is -4.99. The van der Waals surface area contributed by atoms with E-state index >= 15 is 0 Å². The normalized spacial score (nSPS) is 12.0. The van der Waals surface area contributed by atoms with Crippen molar-refractivity contribution in [3.63, 3.8) is 0 Å².